The van der Waals surface area contributed by atoms with E-state index in [9.17, 15) is 4.79 Å². The molecule has 0 unspecified atom stereocenters. The fraction of sp³-hybridized carbons (Fsp3) is 0.900. The molecule has 1 fully saturated rings. The molecule has 1 aliphatic rings. The molecular weight excluding hydrogens is 178 g/mol. The first kappa shape index (κ1) is 11.5. The van der Waals surface area contributed by atoms with Crippen LogP contribution in [0.25, 0.3) is 0 Å². The fourth-order valence-corrected chi connectivity index (χ4v) is 1.81. The van der Waals surface area contributed by atoms with E-state index >= 15 is 0 Å². The van der Waals surface area contributed by atoms with E-state index in [2.05, 4.69) is 10.7 Å². The van der Waals surface area contributed by atoms with Gasteiger partial charge in [0.2, 0.25) is 5.91 Å². The Morgan fingerprint density at radius 2 is 2.07 bits per heavy atom. The van der Waals surface area contributed by atoms with E-state index in [4.69, 9.17) is 0 Å². The summed E-state index contributed by atoms with van der Waals surface area (Å²) in [5.74, 6) is 0.873. The molecule has 1 aliphatic heterocycles. The first-order valence-corrected chi connectivity index (χ1v) is 5.36. The molecule has 0 aromatic rings. The Morgan fingerprint density at radius 1 is 1.43 bits per heavy atom. The molecule has 0 aromatic heterocycles. The van der Waals surface area contributed by atoms with Crippen molar-refractivity contribution in [3.63, 3.8) is 0 Å². The Hall–Kier alpha value is -0.610. The molecule has 4 heteroatoms. The monoisotopic (exact) mass is 199 g/mol. The van der Waals surface area contributed by atoms with Gasteiger partial charge in [-0.25, -0.2) is 5.01 Å². The number of piperidine rings is 1. The van der Waals surface area contributed by atoms with Crippen molar-refractivity contribution in [3.8, 4) is 0 Å². The number of nitrogens with zero attached hydrogens (tertiary/aromatic N) is 1. The average molecular weight is 199 g/mol. The van der Waals surface area contributed by atoms with Gasteiger partial charge in [0.15, 0.2) is 0 Å². The van der Waals surface area contributed by atoms with Crippen LogP contribution in [0.4, 0.5) is 0 Å². The van der Waals surface area contributed by atoms with E-state index in [1.807, 2.05) is 14.1 Å². The minimum atomic E-state index is 0.133. The van der Waals surface area contributed by atoms with Crippen LogP contribution in [-0.2, 0) is 4.79 Å². The molecule has 4 nitrogen and oxygen atoms in total. The van der Waals surface area contributed by atoms with Gasteiger partial charge in [-0.2, -0.15) is 0 Å². The molecule has 82 valence electrons. The minimum absolute atomic E-state index is 0.133. The summed E-state index contributed by atoms with van der Waals surface area (Å²) in [4.78, 5) is 11.3. The normalized spacial score (nSPS) is 18.5. The zero-order valence-electron chi connectivity index (χ0n) is 9.18. The lowest BCUT2D eigenvalue weighted by Gasteiger charge is -2.22. The molecule has 1 saturated heterocycles. The van der Waals surface area contributed by atoms with E-state index in [1.165, 1.54) is 12.8 Å². The van der Waals surface area contributed by atoms with Gasteiger partial charge in [-0.3, -0.25) is 10.2 Å². The van der Waals surface area contributed by atoms with Crippen LogP contribution in [0.3, 0.4) is 0 Å². The van der Waals surface area contributed by atoms with Gasteiger partial charge in [0.05, 0.1) is 0 Å². The first-order chi connectivity index (χ1) is 6.68. The second-order valence-electron chi connectivity index (χ2n) is 4.16. The van der Waals surface area contributed by atoms with Crippen LogP contribution in [0.1, 0.15) is 25.7 Å². The maximum atomic E-state index is 11.3. The van der Waals surface area contributed by atoms with Crippen molar-refractivity contribution in [1.29, 1.82) is 0 Å². The topological polar surface area (TPSA) is 44.4 Å². The van der Waals surface area contributed by atoms with E-state index in [0.29, 0.717) is 6.42 Å². The third-order valence-corrected chi connectivity index (χ3v) is 2.59. The highest BCUT2D eigenvalue weighted by molar-refractivity contribution is 5.75. The van der Waals surface area contributed by atoms with E-state index in [-0.39, 0.29) is 5.91 Å². The van der Waals surface area contributed by atoms with Gasteiger partial charge in [-0.1, -0.05) is 0 Å². The molecule has 0 radical (unpaired) electrons. The van der Waals surface area contributed by atoms with Gasteiger partial charge >= 0.3 is 0 Å². The molecule has 0 spiro atoms. The van der Waals surface area contributed by atoms with Crippen molar-refractivity contribution in [2.24, 2.45) is 5.92 Å². The summed E-state index contributed by atoms with van der Waals surface area (Å²) in [6, 6.07) is 0. The number of nitrogens with one attached hydrogen (secondary N) is 2. The van der Waals surface area contributed by atoms with Gasteiger partial charge in [-0.15, -0.1) is 0 Å². The van der Waals surface area contributed by atoms with E-state index in [1.54, 1.807) is 5.01 Å². The molecule has 0 saturated carbocycles. The largest absolute Gasteiger partial charge is 0.317 e. The van der Waals surface area contributed by atoms with Crippen molar-refractivity contribution < 1.29 is 4.79 Å². The summed E-state index contributed by atoms with van der Waals surface area (Å²) >= 11 is 0. The average Bonchev–Trinajstić information content (AvgIpc) is 2.15. The minimum Gasteiger partial charge on any atom is -0.317 e. The van der Waals surface area contributed by atoms with E-state index in [0.717, 1.165) is 25.4 Å². The van der Waals surface area contributed by atoms with Crippen LogP contribution in [0.2, 0.25) is 0 Å². The predicted octanol–water partition coefficient (Wildman–Crippen LogP) is 0.359. The quantitative estimate of drug-likeness (QED) is 0.643. The first-order valence-electron chi connectivity index (χ1n) is 5.36. The molecule has 1 rings (SSSR count). The maximum Gasteiger partial charge on any atom is 0.234 e. The molecule has 0 aliphatic carbocycles. The number of carbonyl (C=O) groups excluding carboxylic acids is 1. The molecule has 0 atom stereocenters. The Kier molecular flexibility index (Phi) is 4.90. The highest BCUT2D eigenvalue weighted by Gasteiger charge is 2.14. The Bertz CT molecular complexity index is 176. The van der Waals surface area contributed by atoms with Gasteiger partial charge < -0.3 is 5.32 Å². The van der Waals surface area contributed by atoms with Crippen molar-refractivity contribution in [2.45, 2.75) is 25.7 Å². The van der Waals surface area contributed by atoms with Crippen LogP contribution < -0.4 is 10.7 Å². The third-order valence-electron chi connectivity index (χ3n) is 2.59. The summed E-state index contributed by atoms with van der Waals surface area (Å²) < 4.78 is 0. The number of hydrogen-bond donors (Lipinski definition) is 2. The lowest BCUT2D eigenvalue weighted by Crippen LogP contribution is -2.36. The number of hydrogen-bond acceptors (Lipinski definition) is 3. The van der Waals surface area contributed by atoms with Crippen molar-refractivity contribution >= 4 is 5.91 Å². The maximum absolute atomic E-state index is 11.3. The van der Waals surface area contributed by atoms with Crippen LogP contribution in [-0.4, -0.2) is 38.1 Å². The van der Waals surface area contributed by atoms with Gasteiger partial charge in [0, 0.05) is 20.5 Å². The summed E-state index contributed by atoms with van der Waals surface area (Å²) in [6.45, 7) is 2.22. The molecule has 14 heavy (non-hydrogen) atoms. The standard InChI is InChI=1S/C10H21N3O/c1-13(2)12-10(14)4-3-9-5-7-11-8-6-9/h9,11H,3-8H2,1-2H3,(H,12,14). The smallest absolute Gasteiger partial charge is 0.234 e. The molecule has 0 bridgehead atoms. The van der Waals surface area contributed by atoms with Crippen LogP contribution in [0.15, 0.2) is 0 Å². The van der Waals surface area contributed by atoms with Gasteiger partial charge in [0.25, 0.3) is 0 Å². The second-order valence-corrected chi connectivity index (χ2v) is 4.16. The van der Waals surface area contributed by atoms with Crippen molar-refractivity contribution in [2.75, 3.05) is 27.2 Å². The van der Waals surface area contributed by atoms with Crippen LogP contribution in [0.5, 0.6) is 0 Å². The second kappa shape index (κ2) is 5.98. The molecule has 0 aromatic carbocycles. The van der Waals surface area contributed by atoms with Crippen molar-refractivity contribution in [1.82, 2.24) is 15.8 Å². The zero-order chi connectivity index (χ0) is 10.4. The lowest BCUT2D eigenvalue weighted by atomic mass is 9.93. The number of hydrazine groups is 1. The Morgan fingerprint density at radius 3 is 2.64 bits per heavy atom. The predicted molar refractivity (Wildman–Crippen MR) is 56.7 cm³/mol. The summed E-state index contributed by atoms with van der Waals surface area (Å²) in [6.07, 6.45) is 4.12. The SMILES string of the molecule is CN(C)NC(=O)CCC1CCNCC1. The number of amides is 1. The molecule has 1 heterocycles. The van der Waals surface area contributed by atoms with Crippen LogP contribution in [0, 0.1) is 5.92 Å². The van der Waals surface area contributed by atoms with Crippen LogP contribution >= 0.6 is 0 Å². The molecular formula is C10H21N3O. The van der Waals surface area contributed by atoms with E-state index < -0.39 is 0 Å². The summed E-state index contributed by atoms with van der Waals surface area (Å²) in [5, 5.41) is 5.02. The third kappa shape index (κ3) is 4.58. The van der Waals surface area contributed by atoms with Gasteiger partial charge in [0.1, 0.15) is 0 Å². The van der Waals surface area contributed by atoms with Gasteiger partial charge in [-0.05, 0) is 38.3 Å². The molecule has 2 N–H and O–H groups in total. The zero-order valence-corrected chi connectivity index (χ0v) is 9.18. The summed E-state index contributed by atoms with van der Waals surface area (Å²) in [5.41, 5.74) is 2.76. The van der Waals surface area contributed by atoms with Crippen molar-refractivity contribution in [3.05, 3.63) is 0 Å². The molecule has 1 amide bonds. The summed E-state index contributed by atoms with van der Waals surface area (Å²) in [7, 11) is 3.67. The number of carbonyl (C=O) groups is 1. The Balaban J connectivity index is 2.09. The highest BCUT2D eigenvalue weighted by atomic mass is 16.2. The fourth-order valence-electron chi connectivity index (χ4n) is 1.81. The number of rotatable bonds is 4. The Labute approximate surface area is 86.0 Å². The lowest BCUT2D eigenvalue weighted by molar-refractivity contribution is -0.125. The highest BCUT2D eigenvalue weighted by Crippen LogP contribution is 2.17.